The molecule has 7 heteroatoms. The van der Waals surface area contributed by atoms with E-state index >= 15 is 0 Å². The highest BCUT2D eigenvalue weighted by Crippen LogP contribution is 2.45. The summed E-state index contributed by atoms with van der Waals surface area (Å²) in [5.41, 5.74) is 0.447. The largest absolute Gasteiger partial charge is 0.463 e. The monoisotopic (exact) mass is 483 g/mol. The van der Waals surface area contributed by atoms with Crippen LogP contribution in [0, 0.1) is 5.92 Å². The Balaban J connectivity index is 1.41. The first-order chi connectivity index (χ1) is 16.8. The van der Waals surface area contributed by atoms with Crippen molar-refractivity contribution in [1.82, 2.24) is 0 Å². The zero-order chi connectivity index (χ0) is 24.9. The maximum absolute atomic E-state index is 14.2. The van der Waals surface area contributed by atoms with Crippen LogP contribution in [0.2, 0.25) is 0 Å². The minimum Gasteiger partial charge on any atom is -0.463 e. The van der Waals surface area contributed by atoms with E-state index in [2.05, 4.69) is 21.7 Å². The topological polar surface area (TPSA) is 61.9 Å². The Bertz CT molecular complexity index is 1070. The molecule has 1 unspecified atom stereocenters. The quantitative estimate of drug-likeness (QED) is 0.306. The summed E-state index contributed by atoms with van der Waals surface area (Å²) < 4.78 is 36.1. The lowest BCUT2D eigenvalue weighted by molar-refractivity contribution is -0.572. The second-order valence-corrected chi connectivity index (χ2v) is 9.54. The number of carbonyl (C=O) groups excluding carboxylic acids is 1. The molecule has 186 valence electrons. The van der Waals surface area contributed by atoms with Crippen molar-refractivity contribution in [3.05, 3.63) is 71.8 Å². The van der Waals surface area contributed by atoms with Crippen molar-refractivity contribution in [3.8, 4) is 0 Å². The summed E-state index contributed by atoms with van der Waals surface area (Å²) in [4.78, 5) is 17.7. The van der Waals surface area contributed by atoms with Gasteiger partial charge in [-0.15, -0.1) is 0 Å². The molecule has 0 aromatic heterocycles. The van der Waals surface area contributed by atoms with Crippen LogP contribution in [0.3, 0.4) is 0 Å². The Labute approximate surface area is 205 Å². The van der Waals surface area contributed by atoms with Crippen LogP contribution in [0.5, 0.6) is 0 Å². The predicted octanol–water partition coefficient (Wildman–Crippen LogP) is 5.11. The summed E-state index contributed by atoms with van der Waals surface area (Å²) in [6.45, 7) is 2.86. The molecule has 2 aliphatic rings. The van der Waals surface area contributed by atoms with E-state index < -0.39 is 29.8 Å². The lowest BCUT2D eigenvalue weighted by Gasteiger charge is -2.39. The molecule has 1 aliphatic heterocycles. The van der Waals surface area contributed by atoms with E-state index in [0.29, 0.717) is 24.8 Å². The first-order valence-corrected chi connectivity index (χ1v) is 12.3. The van der Waals surface area contributed by atoms with Gasteiger partial charge in [0.25, 0.3) is 0 Å². The third kappa shape index (κ3) is 5.84. The van der Waals surface area contributed by atoms with Gasteiger partial charge >= 0.3 is 5.97 Å². The predicted molar refractivity (Wildman–Crippen MR) is 131 cm³/mol. The highest BCUT2D eigenvalue weighted by molar-refractivity contribution is 6.28. The molecule has 2 aromatic carbocycles. The van der Waals surface area contributed by atoms with Gasteiger partial charge in [-0.3, -0.25) is 0 Å². The molecule has 0 radical (unpaired) electrons. The second kappa shape index (κ2) is 10.8. The van der Waals surface area contributed by atoms with Crippen LogP contribution in [0.15, 0.2) is 65.7 Å². The first kappa shape index (κ1) is 25.2. The number of alkyl halides is 2. The molecule has 2 aromatic rings. The van der Waals surface area contributed by atoms with Crippen LogP contribution in [0.4, 0.5) is 8.78 Å². The maximum Gasteiger partial charge on any atom is 0.343 e. The smallest absolute Gasteiger partial charge is 0.343 e. The molecule has 35 heavy (non-hydrogen) atoms. The number of nitrogens with zero attached hydrogens (tertiary/aromatic N) is 2. The van der Waals surface area contributed by atoms with E-state index in [0.717, 1.165) is 12.3 Å². The standard InChI is InChI=1S/C28H33F2N2O3/c1-21-31-19-25(32(21)20-22-10-4-2-5-11-22)15-9-17-35-26(33)28(34,23-12-6-3-7-13-23)24-14-8-16-27(29,30)18-24/h2-7,10-13,19,21,24,34H,8-9,14-18,20H2,1H3/q+1/t21?,24-,28+/m1/s1. The van der Waals surface area contributed by atoms with Crippen molar-refractivity contribution in [2.75, 3.05) is 6.61 Å². The lowest BCUT2D eigenvalue weighted by atomic mass is 9.72. The summed E-state index contributed by atoms with van der Waals surface area (Å²) >= 11 is 0. The fraction of sp³-hybridized carbons (Fsp3) is 0.464. The van der Waals surface area contributed by atoms with E-state index in [1.54, 1.807) is 30.3 Å². The van der Waals surface area contributed by atoms with Gasteiger partial charge in [0.2, 0.25) is 12.1 Å². The number of hydrogen-bond donors (Lipinski definition) is 1. The van der Waals surface area contributed by atoms with E-state index in [4.69, 9.17) is 4.74 Å². The van der Waals surface area contributed by atoms with Crippen LogP contribution in [-0.4, -0.2) is 46.3 Å². The number of benzene rings is 2. The Morgan fingerprint density at radius 1 is 1.17 bits per heavy atom. The number of carbonyl (C=O) groups is 1. The molecule has 1 heterocycles. The Morgan fingerprint density at radius 3 is 2.54 bits per heavy atom. The molecule has 0 amide bonds. The number of aliphatic hydroxyl groups is 1. The highest BCUT2D eigenvalue weighted by Gasteiger charge is 2.52. The number of halogens is 2. The summed E-state index contributed by atoms with van der Waals surface area (Å²) in [6.07, 6.45) is 2.93. The van der Waals surface area contributed by atoms with E-state index in [1.807, 2.05) is 31.3 Å². The number of ether oxygens (including phenoxy) is 1. The molecule has 0 bridgehead atoms. The summed E-state index contributed by atoms with van der Waals surface area (Å²) in [5.74, 6) is -4.66. The van der Waals surface area contributed by atoms with Crippen molar-refractivity contribution < 1.29 is 28.0 Å². The van der Waals surface area contributed by atoms with Crippen molar-refractivity contribution >= 4 is 17.9 Å². The summed E-state index contributed by atoms with van der Waals surface area (Å²) in [7, 11) is 0. The molecule has 0 saturated heterocycles. The molecular weight excluding hydrogens is 450 g/mol. The van der Waals surface area contributed by atoms with Crippen LogP contribution in [0.25, 0.3) is 0 Å². The normalized spacial score (nSPS) is 23.2. The molecule has 3 atom stereocenters. The Hall–Kier alpha value is -2.93. The minimum absolute atomic E-state index is 0.0314. The zero-order valence-corrected chi connectivity index (χ0v) is 20.1. The summed E-state index contributed by atoms with van der Waals surface area (Å²) in [5, 5.41) is 11.5. The van der Waals surface area contributed by atoms with Crippen molar-refractivity contribution in [3.63, 3.8) is 0 Å². The van der Waals surface area contributed by atoms with Crippen LogP contribution < -0.4 is 0 Å². The van der Waals surface area contributed by atoms with Gasteiger partial charge in [0.1, 0.15) is 0 Å². The Morgan fingerprint density at radius 2 is 1.86 bits per heavy atom. The maximum atomic E-state index is 14.2. The number of rotatable bonds is 9. The molecule has 1 fully saturated rings. The minimum atomic E-state index is -2.90. The van der Waals surface area contributed by atoms with E-state index in [9.17, 15) is 18.7 Å². The van der Waals surface area contributed by atoms with Crippen molar-refractivity contribution in [1.29, 1.82) is 0 Å². The second-order valence-electron chi connectivity index (χ2n) is 9.54. The highest BCUT2D eigenvalue weighted by atomic mass is 19.3. The third-order valence-corrected chi connectivity index (χ3v) is 7.02. The van der Waals surface area contributed by atoms with Gasteiger partial charge in [-0.1, -0.05) is 60.7 Å². The lowest BCUT2D eigenvalue weighted by Crippen LogP contribution is -2.48. The van der Waals surface area contributed by atoms with E-state index in [1.165, 1.54) is 5.56 Å². The molecule has 0 spiro atoms. The zero-order valence-electron chi connectivity index (χ0n) is 20.1. The molecule has 1 aliphatic carbocycles. The van der Waals surface area contributed by atoms with Crippen molar-refractivity contribution in [2.45, 2.75) is 69.7 Å². The SMILES string of the molecule is CC1N=CC(CCCOC(=O)[C@](O)(c2ccccc2)[C@@H]2CCCC(F)(F)C2)=[N+]1Cc1ccccc1. The average Bonchev–Trinajstić information content (AvgIpc) is 3.20. The van der Waals surface area contributed by atoms with Gasteiger partial charge in [-0.2, -0.15) is 0 Å². The van der Waals surface area contributed by atoms with Gasteiger partial charge in [-0.05, 0) is 24.8 Å². The number of esters is 1. The molecule has 5 nitrogen and oxygen atoms in total. The van der Waals surface area contributed by atoms with Gasteiger partial charge in [0.15, 0.2) is 17.9 Å². The van der Waals surface area contributed by atoms with Crippen LogP contribution in [-0.2, 0) is 21.7 Å². The molecule has 1 saturated carbocycles. The molecular formula is C28H33F2N2O3+. The number of hydrogen-bond acceptors (Lipinski definition) is 4. The first-order valence-electron chi connectivity index (χ1n) is 12.3. The van der Waals surface area contributed by atoms with Gasteiger partial charge in [0, 0.05) is 37.7 Å². The van der Waals surface area contributed by atoms with Crippen molar-refractivity contribution in [2.24, 2.45) is 10.9 Å². The van der Waals surface area contributed by atoms with Gasteiger partial charge < -0.3 is 9.84 Å². The van der Waals surface area contributed by atoms with E-state index in [-0.39, 0.29) is 25.6 Å². The Kier molecular flexibility index (Phi) is 7.75. The number of aliphatic imine (C=N–C) groups is 1. The van der Waals surface area contributed by atoms with Crippen LogP contribution in [0.1, 0.15) is 56.6 Å². The van der Waals surface area contributed by atoms with Gasteiger partial charge in [0.05, 0.1) is 12.8 Å². The summed E-state index contributed by atoms with van der Waals surface area (Å²) in [6, 6.07) is 18.5. The van der Waals surface area contributed by atoms with Crippen LogP contribution >= 0.6 is 0 Å². The van der Waals surface area contributed by atoms with Gasteiger partial charge in [-0.25, -0.2) is 23.1 Å². The fourth-order valence-corrected chi connectivity index (χ4v) is 5.08. The fourth-order valence-electron chi connectivity index (χ4n) is 5.08. The third-order valence-electron chi connectivity index (χ3n) is 7.02. The molecule has 4 rings (SSSR count). The molecule has 1 N–H and O–H groups in total. The average molecular weight is 484 g/mol.